The van der Waals surface area contributed by atoms with Crippen LogP contribution in [0.2, 0.25) is 0 Å². The lowest BCUT2D eigenvalue weighted by Crippen LogP contribution is -2.26. The van der Waals surface area contributed by atoms with Gasteiger partial charge in [0.25, 0.3) is 0 Å². The zero-order valence-electron chi connectivity index (χ0n) is 15.4. The molecule has 2 aromatic carbocycles. The number of carbonyl (C=O) groups excluding carboxylic acids is 1. The van der Waals surface area contributed by atoms with Gasteiger partial charge < -0.3 is 5.32 Å². The van der Waals surface area contributed by atoms with Crippen LogP contribution in [0.15, 0.2) is 59.8 Å². The minimum atomic E-state index is 0.00621. The first-order valence-corrected chi connectivity index (χ1v) is 10.2. The number of aromatic nitrogens is 3. The second kappa shape index (κ2) is 9.92. The van der Waals surface area contributed by atoms with Gasteiger partial charge in [0.15, 0.2) is 5.82 Å². The van der Waals surface area contributed by atoms with Crippen molar-refractivity contribution in [2.45, 2.75) is 31.3 Å². The van der Waals surface area contributed by atoms with E-state index in [9.17, 15) is 4.79 Å². The summed E-state index contributed by atoms with van der Waals surface area (Å²) in [5.74, 6) is 1.05. The maximum Gasteiger partial charge on any atom is 0.230 e. The van der Waals surface area contributed by atoms with E-state index in [1.54, 1.807) is 0 Å². The topological polar surface area (TPSA) is 70.7 Å². The van der Waals surface area contributed by atoms with Crippen LogP contribution in [0.3, 0.4) is 0 Å². The van der Waals surface area contributed by atoms with Crippen LogP contribution in [0.5, 0.6) is 0 Å². The SMILES string of the molecule is CCc1ccc(-c2nc(SCC(=O)NCCCc3ccccc3)n[nH]2)cc1. The van der Waals surface area contributed by atoms with E-state index < -0.39 is 0 Å². The number of nitrogens with zero attached hydrogens (tertiary/aromatic N) is 2. The minimum absolute atomic E-state index is 0.00621. The number of H-pyrrole nitrogens is 1. The summed E-state index contributed by atoms with van der Waals surface area (Å²) >= 11 is 1.34. The van der Waals surface area contributed by atoms with Crippen LogP contribution in [0.4, 0.5) is 0 Å². The van der Waals surface area contributed by atoms with E-state index >= 15 is 0 Å². The van der Waals surface area contributed by atoms with Crippen molar-refractivity contribution in [3.8, 4) is 11.4 Å². The van der Waals surface area contributed by atoms with E-state index in [-0.39, 0.29) is 5.91 Å². The summed E-state index contributed by atoms with van der Waals surface area (Å²) < 4.78 is 0. The van der Waals surface area contributed by atoms with E-state index in [2.05, 4.69) is 51.7 Å². The number of carbonyl (C=O) groups is 1. The van der Waals surface area contributed by atoms with Crippen LogP contribution in [0.1, 0.15) is 24.5 Å². The molecular formula is C21H24N4OS. The molecule has 140 valence electrons. The Kier molecular flexibility index (Phi) is 7.04. The van der Waals surface area contributed by atoms with E-state index in [1.807, 2.05) is 30.3 Å². The molecule has 3 aromatic rings. The number of hydrogen-bond acceptors (Lipinski definition) is 4. The quantitative estimate of drug-likeness (QED) is 0.437. The third kappa shape index (κ3) is 5.96. The summed E-state index contributed by atoms with van der Waals surface area (Å²) in [6.07, 6.45) is 2.91. The maximum absolute atomic E-state index is 12.0. The summed E-state index contributed by atoms with van der Waals surface area (Å²) in [5, 5.41) is 10.7. The van der Waals surface area contributed by atoms with Crippen LogP contribution >= 0.6 is 11.8 Å². The predicted octanol–water partition coefficient (Wildman–Crippen LogP) is 3.88. The third-order valence-corrected chi connectivity index (χ3v) is 5.09. The number of rotatable bonds is 9. The number of hydrogen-bond donors (Lipinski definition) is 2. The van der Waals surface area contributed by atoms with Gasteiger partial charge in [0.2, 0.25) is 11.1 Å². The molecule has 0 aliphatic rings. The number of aryl methyl sites for hydroxylation is 2. The van der Waals surface area contributed by atoms with Crippen LogP contribution in [-0.4, -0.2) is 33.4 Å². The first-order valence-electron chi connectivity index (χ1n) is 9.19. The van der Waals surface area contributed by atoms with E-state index in [0.29, 0.717) is 17.5 Å². The predicted molar refractivity (Wildman–Crippen MR) is 110 cm³/mol. The molecular weight excluding hydrogens is 356 g/mol. The highest BCUT2D eigenvalue weighted by Crippen LogP contribution is 2.19. The van der Waals surface area contributed by atoms with E-state index in [4.69, 9.17) is 0 Å². The fourth-order valence-electron chi connectivity index (χ4n) is 2.68. The summed E-state index contributed by atoms with van der Waals surface area (Å²) in [6.45, 7) is 2.81. The molecule has 0 spiro atoms. The Labute approximate surface area is 164 Å². The number of thioether (sulfide) groups is 1. The molecule has 0 aliphatic carbocycles. The number of amides is 1. The molecule has 0 saturated carbocycles. The average Bonchev–Trinajstić information content (AvgIpc) is 3.19. The second-order valence-electron chi connectivity index (χ2n) is 6.24. The fraction of sp³-hybridized carbons (Fsp3) is 0.286. The van der Waals surface area contributed by atoms with Crippen LogP contribution in [0, 0.1) is 0 Å². The molecule has 1 amide bonds. The Morgan fingerprint density at radius 3 is 2.59 bits per heavy atom. The molecule has 5 nitrogen and oxygen atoms in total. The van der Waals surface area contributed by atoms with Crippen molar-refractivity contribution < 1.29 is 4.79 Å². The molecule has 0 atom stereocenters. The summed E-state index contributed by atoms with van der Waals surface area (Å²) in [4.78, 5) is 16.4. The summed E-state index contributed by atoms with van der Waals surface area (Å²) in [7, 11) is 0. The highest BCUT2D eigenvalue weighted by atomic mass is 32.2. The third-order valence-electron chi connectivity index (χ3n) is 4.24. The van der Waals surface area contributed by atoms with Crippen molar-refractivity contribution in [2.75, 3.05) is 12.3 Å². The summed E-state index contributed by atoms with van der Waals surface area (Å²) in [5.41, 5.74) is 3.58. The van der Waals surface area contributed by atoms with Crippen LogP contribution in [0.25, 0.3) is 11.4 Å². The van der Waals surface area contributed by atoms with Gasteiger partial charge in [0.1, 0.15) is 0 Å². The molecule has 0 saturated heterocycles. The van der Waals surface area contributed by atoms with Gasteiger partial charge in [-0.15, -0.1) is 5.10 Å². The Bertz CT molecular complexity index is 846. The Hall–Kier alpha value is -2.60. The largest absolute Gasteiger partial charge is 0.355 e. The number of nitrogens with one attached hydrogen (secondary N) is 2. The van der Waals surface area contributed by atoms with Crippen molar-refractivity contribution in [2.24, 2.45) is 0 Å². The molecule has 2 N–H and O–H groups in total. The second-order valence-corrected chi connectivity index (χ2v) is 7.19. The van der Waals surface area contributed by atoms with E-state index in [0.717, 1.165) is 30.7 Å². The lowest BCUT2D eigenvalue weighted by Gasteiger charge is -2.04. The van der Waals surface area contributed by atoms with Gasteiger partial charge in [-0.2, -0.15) is 0 Å². The highest BCUT2D eigenvalue weighted by Gasteiger charge is 2.09. The van der Waals surface area contributed by atoms with Crippen molar-refractivity contribution in [1.29, 1.82) is 0 Å². The fourth-order valence-corrected chi connectivity index (χ4v) is 3.31. The molecule has 0 radical (unpaired) electrons. The molecule has 0 unspecified atom stereocenters. The standard InChI is InChI=1S/C21H24N4OS/c1-2-16-10-12-18(13-11-16)20-23-21(25-24-20)27-15-19(26)22-14-6-9-17-7-4-3-5-8-17/h3-5,7-8,10-13H,2,6,9,14-15H2,1H3,(H,22,26)(H,23,24,25). The van der Waals surface area contributed by atoms with Gasteiger partial charge in [-0.25, -0.2) is 4.98 Å². The first kappa shape index (κ1) is 19.2. The smallest absolute Gasteiger partial charge is 0.230 e. The zero-order valence-corrected chi connectivity index (χ0v) is 16.3. The molecule has 0 fully saturated rings. The molecule has 6 heteroatoms. The molecule has 1 heterocycles. The lowest BCUT2D eigenvalue weighted by atomic mass is 10.1. The van der Waals surface area contributed by atoms with Crippen molar-refractivity contribution in [3.63, 3.8) is 0 Å². The van der Waals surface area contributed by atoms with Gasteiger partial charge in [0, 0.05) is 12.1 Å². The Morgan fingerprint density at radius 1 is 1.07 bits per heavy atom. The highest BCUT2D eigenvalue weighted by molar-refractivity contribution is 7.99. The molecule has 27 heavy (non-hydrogen) atoms. The van der Waals surface area contributed by atoms with Crippen molar-refractivity contribution >= 4 is 17.7 Å². The number of aromatic amines is 1. The molecule has 0 bridgehead atoms. The van der Waals surface area contributed by atoms with Gasteiger partial charge in [0.05, 0.1) is 5.75 Å². The Morgan fingerprint density at radius 2 is 1.85 bits per heavy atom. The number of benzene rings is 2. The van der Waals surface area contributed by atoms with Gasteiger partial charge in [-0.1, -0.05) is 73.3 Å². The minimum Gasteiger partial charge on any atom is -0.355 e. The molecule has 0 aliphatic heterocycles. The van der Waals surface area contributed by atoms with Gasteiger partial charge in [-0.3, -0.25) is 9.89 Å². The van der Waals surface area contributed by atoms with E-state index in [1.165, 1.54) is 22.9 Å². The van der Waals surface area contributed by atoms with Crippen molar-refractivity contribution in [3.05, 3.63) is 65.7 Å². The maximum atomic E-state index is 12.0. The van der Waals surface area contributed by atoms with Crippen molar-refractivity contribution in [1.82, 2.24) is 20.5 Å². The molecule has 1 aromatic heterocycles. The van der Waals surface area contributed by atoms with Gasteiger partial charge >= 0.3 is 0 Å². The van der Waals surface area contributed by atoms with Crippen LogP contribution < -0.4 is 5.32 Å². The lowest BCUT2D eigenvalue weighted by molar-refractivity contribution is -0.118. The monoisotopic (exact) mass is 380 g/mol. The normalized spacial score (nSPS) is 10.7. The molecule has 3 rings (SSSR count). The van der Waals surface area contributed by atoms with Crippen LogP contribution in [-0.2, 0) is 17.6 Å². The first-order chi connectivity index (χ1) is 13.2. The average molecular weight is 381 g/mol. The summed E-state index contributed by atoms with van der Waals surface area (Å²) in [6, 6.07) is 18.5. The Balaban J connectivity index is 1.39. The van der Waals surface area contributed by atoms with Gasteiger partial charge in [-0.05, 0) is 30.4 Å². The zero-order chi connectivity index (χ0) is 18.9.